The van der Waals surface area contributed by atoms with Crippen molar-refractivity contribution in [1.29, 1.82) is 0 Å². The zero-order valence-corrected chi connectivity index (χ0v) is 17.4. The van der Waals surface area contributed by atoms with Crippen molar-refractivity contribution in [1.82, 2.24) is 24.3 Å². The molecule has 2 fully saturated rings. The van der Waals surface area contributed by atoms with E-state index in [1.54, 1.807) is 4.90 Å². The third-order valence-corrected chi connectivity index (χ3v) is 5.63. The number of amides is 1. The Bertz CT molecular complexity index is 1100. The molecule has 1 N–H and O–H groups in total. The van der Waals surface area contributed by atoms with E-state index >= 15 is 0 Å². The van der Waals surface area contributed by atoms with E-state index in [4.69, 9.17) is 0 Å². The second-order valence-electron chi connectivity index (χ2n) is 8.11. The molecule has 1 aliphatic heterocycles. The number of rotatable bonds is 7. The summed E-state index contributed by atoms with van der Waals surface area (Å²) in [5.74, 6) is -0.254. The number of pyridine rings is 1. The fourth-order valence-corrected chi connectivity index (χ4v) is 3.86. The number of aromatic nitrogens is 3. The van der Waals surface area contributed by atoms with Crippen molar-refractivity contribution in [2.45, 2.75) is 31.5 Å². The van der Waals surface area contributed by atoms with Crippen LogP contribution in [0.15, 0.2) is 21.9 Å². The number of nitrogens with one attached hydrogen (secondary N) is 1. The summed E-state index contributed by atoms with van der Waals surface area (Å²) in [6.07, 6.45) is -0.745. The Morgan fingerprint density at radius 2 is 1.91 bits per heavy atom. The second-order valence-corrected chi connectivity index (χ2v) is 8.11. The molecule has 0 atom stereocenters. The van der Waals surface area contributed by atoms with Gasteiger partial charge < -0.3 is 9.64 Å². The number of carbonyl (C=O) groups excluding carboxylic acids is 1. The van der Waals surface area contributed by atoms with Gasteiger partial charge in [-0.3, -0.25) is 24.0 Å². The third kappa shape index (κ3) is 5.18. The van der Waals surface area contributed by atoms with Gasteiger partial charge in [0.05, 0.1) is 10.9 Å². The number of aromatic amines is 1. The van der Waals surface area contributed by atoms with E-state index in [2.05, 4.69) is 19.6 Å². The number of fused-ring (bicyclic) bond motifs is 1. The average molecular weight is 455 g/mol. The molecule has 1 saturated carbocycles. The number of hydrogen-bond acceptors (Lipinski definition) is 6. The van der Waals surface area contributed by atoms with Crippen LogP contribution < -0.4 is 11.2 Å². The lowest BCUT2D eigenvalue weighted by Crippen LogP contribution is -2.49. The van der Waals surface area contributed by atoms with Gasteiger partial charge in [-0.25, -0.2) is 9.78 Å². The zero-order chi connectivity index (χ0) is 22.9. The van der Waals surface area contributed by atoms with Crippen molar-refractivity contribution in [3.63, 3.8) is 0 Å². The maximum absolute atomic E-state index is 12.9. The van der Waals surface area contributed by atoms with Gasteiger partial charge in [0, 0.05) is 51.6 Å². The maximum atomic E-state index is 12.9. The SMILES string of the molecule is O=C(c1cnc2c(c1)c(=O)[nH]c(=O)n2C1CC1)N1CCN(CCCOCC(F)(F)F)CC1. The minimum Gasteiger partial charge on any atom is -0.372 e. The molecule has 2 aromatic rings. The number of piperazine rings is 1. The highest BCUT2D eigenvalue weighted by atomic mass is 19.4. The van der Waals surface area contributed by atoms with Gasteiger partial charge in [0.1, 0.15) is 12.3 Å². The average Bonchev–Trinajstić information content (AvgIpc) is 3.57. The molecule has 0 radical (unpaired) electrons. The van der Waals surface area contributed by atoms with E-state index < -0.39 is 24.0 Å². The van der Waals surface area contributed by atoms with Gasteiger partial charge in [0.25, 0.3) is 11.5 Å². The summed E-state index contributed by atoms with van der Waals surface area (Å²) in [5, 5.41) is 0.208. The Labute approximate surface area is 180 Å². The Morgan fingerprint density at radius 3 is 2.56 bits per heavy atom. The smallest absolute Gasteiger partial charge is 0.372 e. The first-order chi connectivity index (χ1) is 15.2. The van der Waals surface area contributed by atoms with Crippen LogP contribution in [0.4, 0.5) is 13.2 Å². The monoisotopic (exact) mass is 455 g/mol. The third-order valence-electron chi connectivity index (χ3n) is 5.63. The number of ether oxygens (including phenoxy) is 1. The van der Waals surface area contributed by atoms with Crippen molar-refractivity contribution in [2.24, 2.45) is 0 Å². The molecule has 2 aliphatic rings. The van der Waals surface area contributed by atoms with Crippen LogP contribution in [0.3, 0.4) is 0 Å². The molecule has 2 aromatic heterocycles. The van der Waals surface area contributed by atoms with Crippen LogP contribution >= 0.6 is 0 Å². The molecule has 1 amide bonds. The minimum absolute atomic E-state index is 0.0297. The summed E-state index contributed by atoms with van der Waals surface area (Å²) in [7, 11) is 0. The molecule has 0 unspecified atom stereocenters. The normalized spacial score (nSPS) is 17.8. The van der Waals surface area contributed by atoms with Gasteiger partial charge in [-0.05, 0) is 25.3 Å². The van der Waals surface area contributed by atoms with Crippen molar-refractivity contribution < 1.29 is 22.7 Å². The fourth-order valence-electron chi connectivity index (χ4n) is 3.86. The number of halogens is 3. The molecule has 3 heterocycles. The van der Waals surface area contributed by atoms with Crippen LogP contribution in [-0.2, 0) is 4.74 Å². The molecule has 0 bridgehead atoms. The fraction of sp³-hybridized carbons (Fsp3) is 0.600. The molecule has 1 saturated heterocycles. The van der Waals surface area contributed by atoms with Crippen LogP contribution in [0.25, 0.3) is 11.0 Å². The van der Waals surface area contributed by atoms with Crippen molar-refractivity contribution in [2.75, 3.05) is 45.9 Å². The van der Waals surface area contributed by atoms with E-state index in [1.165, 1.54) is 16.8 Å². The van der Waals surface area contributed by atoms with Gasteiger partial charge in [0.15, 0.2) is 0 Å². The summed E-state index contributed by atoms with van der Waals surface area (Å²) in [4.78, 5) is 47.6. The van der Waals surface area contributed by atoms with E-state index in [0.29, 0.717) is 39.1 Å². The standard InChI is InChI=1S/C20H24F3N5O4/c21-20(22,23)12-32-9-1-4-26-5-7-27(8-6-26)18(30)13-10-15-16(24-11-13)28(14-2-3-14)19(31)25-17(15)29/h10-11,14H,1-9,12H2,(H,25,29,31). The predicted molar refractivity (Wildman–Crippen MR) is 109 cm³/mol. The first kappa shape index (κ1) is 22.5. The molecule has 9 nitrogen and oxygen atoms in total. The summed E-state index contributed by atoms with van der Waals surface area (Å²) in [6.45, 7) is 1.47. The number of hydrogen-bond donors (Lipinski definition) is 1. The van der Waals surface area contributed by atoms with Gasteiger partial charge in [-0.2, -0.15) is 13.2 Å². The number of alkyl halides is 3. The van der Waals surface area contributed by atoms with E-state index in [9.17, 15) is 27.6 Å². The topological polar surface area (TPSA) is 101 Å². The summed E-state index contributed by atoms with van der Waals surface area (Å²) in [6, 6.07) is 1.51. The largest absolute Gasteiger partial charge is 0.411 e. The molecular formula is C20H24F3N5O4. The van der Waals surface area contributed by atoms with Crippen molar-refractivity contribution in [3.05, 3.63) is 38.7 Å². The Balaban J connectivity index is 1.34. The highest BCUT2D eigenvalue weighted by molar-refractivity contribution is 5.96. The Morgan fingerprint density at radius 1 is 1.19 bits per heavy atom. The van der Waals surface area contributed by atoms with Gasteiger partial charge in [-0.15, -0.1) is 0 Å². The molecule has 32 heavy (non-hydrogen) atoms. The Kier molecular flexibility index (Phi) is 6.33. The molecular weight excluding hydrogens is 431 g/mol. The number of nitrogens with zero attached hydrogens (tertiary/aromatic N) is 4. The lowest BCUT2D eigenvalue weighted by atomic mass is 10.2. The molecule has 4 rings (SSSR count). The lowest BCUT2D eigenvalue weighted by Gasteiger charge is -2.34. The summed E-state index contributed by atoms with van der Waals surface area (Å²) in [5.41, 5.74) is -0.494. The zero-order valence-electron chi connectivity index (χ0n) is 17.4. The van der Waals surface area contributed by atoms with Crippen LogP contribution in [0.2, 0.25) is 0 Å². The quantitative estimate of drug-likeness (QED) is 0.629. The number of H-pyrrole nitrogens is 1. The highest BCUT2D eigenvalue weighted by Crippen LogP contribution is 2.34. The minimum atomic E-state index is -4.32. The van der Waals surface area contributed by atoms with Crippen LogP contribution in [-0.4, -0.2) is 82.4 Å². The molecule has 0 spiro atoms. The summed E-state index contributed by atoms with van der Waals surface area (Å²) < 4.78 is 42.3. The molecule has 174 valence electrons. The van der Waals surface area contributed by atoms with E-state index in [-0.39, 0.29) is 35.2 Å². The van der Waals surface area contributed by atoms with E-state index in [0.717, 1.165) is 12.8 Å². The first-order valence-corrected chi connectivity index (χ1v) is 10.5. The van der Waals surface area contributed by atoms with Crippen molar-refractivity contribution >= 4 is 16.9 Å². The van der Waals surface area contributed by atoms with E-state index in [1.807, 2.05) is 0 Å². The van der Waals surface area contributed by atoms with Crippen molar-refractivity contribution in [3.8, 4) is 0 Å². The predicted octanol–water partition coefficient (Wildman–Crippen LogP) is 1.15. The molecule has 0 aromatic carbocycles. The molecule has 1 aliphatic carbocycles. The Hall–Kier alpha value is -2.73. The second kappa shape index (κ2) is 9.02. The van der Waals surface area contributed by atoms with Gasteiger partial charge in [0.2, 0.25) is 0 Å². The first-order valence-electron chi connectivity index (χ1n) is 10.5. The molecule has 12 heteroatoms. The maximum Gasteiger partial charge on any atom is 0.411 e. The van der Waals surface area contributed by atoms with Gasteiger partial charge >= 0.3 is 11.9 Å². The lowest BCUT2D eigenvalue weighted by molar-refractivity contribution is -0.174. The van der Waals surface area contributed by atoms with Crippen LogP contribution in [0, 0.1) is 0 Å². The van der Waals surface area contributed by atoms with Gasteiger partial charge in [-0.1, -0.05) is 0 Å². The van der Waals surface area contributed by atoms with Crippen LogP contribution in [0.5, 0.6) is 0 Å². The van der Waals surface area contributed by atoms with Crippen LogP contribution in [0.1, 0.15) is 35.7 Å². The number of carbonyl (C=O) groups is 1. The highest BCUT2D eigenvalue weighted by Gasteiger charge is 2.29. The summed E-state index contributed by atoms with van der Waals surface area (Å²) >= 11 is 0.